The second-order valence-electron chi connectivity index (χ2n) is 5.80. The quantitative estimate of drug-likeness (QED) is 0.467. The maximum atomic E-state index is 12.8. The summed E-state index contributed by atoms with van der Waals surface area (Å²) < 4.78 is 10.6. The summed E-state index contributed by atoms with van der Waals surface area (Å²) in [6.07, 6.45) is 1.91. The second kappa shape index (κ2) is 9.53. The molecule has 0 saturated carbocycles. The van der Waals surface area contributed by atoms with Crippen LogP contribution >= 0.6 is 11.3 Å². The molecule has 3 rings (SSSR count). The molecule has 0 fully saturated rings. The van der Waals surface area contributed by atoms with Crippen LogP contribution < -0.4 is 10.1 Å². The van der Waals surface area contributed by atoms with E-state index < -0.39 is 18.0 Å². The van der Waals surface area contributed by atoms with Crippen molar-refractivity contribution in [3.63, 3.8) is 0 Å². The Morgan fingerprint density at radius 2 is 1.86 bits per heavy atom. The van der Waals surface area contributed by atoms with E-state index in [2.05, 4.69) is 5.32 Å². The lowest BCUT2D eigenvalue weighted by Crippen LogP contribution is -2.25. The first kappa shape index (κ1) is 19.4. The fraction of sp³-hybridized carbons (Fsp3) is 0.0909. The normalized spacial score (nSPS) is 11.8. The van der Waals surface area contributed by atoms with Crippen LogP contribution in [0, 0.1) is 0 Å². The molecule has 0 aliphatic carbocycles. The standard InChI is InChI=1S/C22H19NO4S/c1-26-18-10-5-9-17(15-18)23-22(25)21(16-7-3-2-4-8-16)27-20(24)13-12-19-11-6-14-28-19/h2-15,21H,1H3,(H,23,25)/b13-12+/t21-/m1/s1. The molecule has 1 atom stereocenters. The van der Waals surface area contributed by atoms with Crippen molar-refractivity contribution in [1.82, 2.24) is 0 Å². The monoisotopic (exact) mass is 393 g/mol. The molecule has 1 aromatic heterocycles. The summed E-state index contributed by atoms with van der Waals surface area (Å²) in [6.45, 7) is 0. The molecule has 0 unspecified atom stereocenters. The van der Waals surface area contributed by atoms with Crippen LogP contribution in [0.5, 0.6) is 5.75 Å². The molecule has 2 aromatic carbocycles. The fourth-order valence-corrected chi connectivity index (χ4v) is 3.12. The highest BCUT2D eigenvalue weighted by Gasteiger charge is 2.24. The number of anilines is 1. The Balaban J connectivity index is 1.76. The van der Waals surface area contributed by atoms with Crippen LogP contribution in [0.15, 0.2) is 78.2 Å². The Morgan fingerprint density at radius 1 is 1.04 bits per heavy atom. The van der Waals surface area contributed by atoms with Crippen molar-refractivity contribution in [1.29, 1.82) is 0 Å². The van der Waals surface area contributed by atoms with Gasteiger partial charge in [-0.15, -0.1) is 11.3 Å². The summed E-state index contributed by atoms with van der Waals surface area (Å²) in [5, 5.41) is 4.69. The number of carbonyl (C=O) groups excluding carboxylic acids is 2. The summed E-state index contributed by atoms with van der Waals surface area (Å²) >= 11 is 1.51. The summed E-state index contributed by atoms with van der Waals surface area (Å²) in [6, 6.07) is 19.6. The van der Waals surface area contributed by atoms with Gasteiger partial charge in [0.2, 0.25) is 6.10 Å². The first-order chi connectivity index (χ1) is 13.7. The first-order valence-electron chi connectivity index (χ1n) is 8.58. The highest BCUT2D eigenvalue weighted by Crippen LogP contribution is 2.23. The van der Waals surface area contributed by atoms with E-state index in [4.69, 9.17) is 9.47 Å². The van der Waals surface area contributed by atoms with Gasteiger partial charge in [0, 0.05) is 28.3 Å². The number of ether oxygens (including phenoxy) is 2. The zero-order valence-electron chi connectivity index (χ0n) is 15.2. The van der Waals surface area contributed by atoms with Gasteiger partial charge in [0.05, 0.1) is 7.11 Å². The fourth-order valence-electron chi connectivity index (χ4n) is 2.50. The van der Waals surface area contributed by atoms with Crippen molar-refractivity contribution in [2.75, 3.05) is 12.4 Å². The van der Waals surface area contributed by atoms with Crippen LogP contribution in [0.4, 0.5) is 5.69 Å². The maximum absolute atomic E-state index is 12.8. The Labute approximate surface area is 167 Å². The summed E-state index contributed by atoms with van der Waals surface area (Å²) in [5.41, 5.74) is 1.14. The van der Waals surface area contributed by atoms with Crippen molar-refractivity contribution in [3.8, 4) is 5.75 Å². The molecule has 1 amide bonds. The van der Waals surface area contributed by atoms with Crippen molar-refractivity contribution < 1.29 is 19.1 Å². The average Bonchev–Trinajstić information content (AvgIpc) is 3.25. The Bertz CT molecular complexity index is 952. The highest BCUT2D eigenvalue weighted by molar-refractivity contribution is 7.10. The molecule has 6 heteroatoms. The van der Waals surface area contributed by atoms with E-state index in [0.29, 0.717) is 17.0 Å². The van der Waals surface area contributed by atoms with Gasteiger partial charge in [0.25, 0.3) is 5.91 Å². The number of benzene rings is 2. The third-order valence-electron chi connectivity index (χ3n) is 3.84. The first-order valence-corrected chi connectivity index (χ1v) is 9.46. The summed E-state index contributed by atoms with van der Waals surface area (Å²) in [5.74, 6) is -0.426. The number of hydrogen-bond acceptors (Lipinski definition) is 5. The number of hydrogen-bond donors (Lipinski definition) is 1. The molecule has 1 heterocycles. The van der Waals surface area contributed by atoms with Crippen molar-refractivity contribution >= 4 is 35.0 Å². The predicted molar refractivity (Wildman–Crippen MR) is 110 cm³/mol. The number of nitrogens with one attached hydrogen (secondary N) is 1. The van der Waals surface area contributed by atoms with E-state index in [1.54, 1.807) is 61.7 Å². The smallest absolute Gasteiger partial charge is 0.331 e. The van der Waals surface area contributed by atoms with E-state index in [1.165, 1.54) is 17.4 Å². The Morgan fingerprint density at radius 3 is 2.57 bits per heavy atom. The number of thiophene rings is 1. The Hall–Kier alpha value is -3.38. The van der Waals surface area contributed by atoms with E-state index in [0.717, 1.165) is 4.88 Å². The molecule has 0 saturated heterocycles. The minimum Gasteiger partial charge on any atom is -0.497 e. The molecule has 0 spiro atoms. The van der Waals surface area contributed by atoms with Crippen LogP contribution in [-0.2, 0) is 14.3 Å². The lowest BCUT2D eigenvalue weighted by Gasteiger charge is -2.17. The number of rotatable bonds is 7. The van der Waals surface area contributed by atoms with Gasteiger partial charge >= 0.3 is 5.97 Å². The van der Waals surface area contributed by atoms with Crippen molar-refractivity contribution in [2.45, 2.75) is 6.10 Å². The molecule has 5 nitrogen and oxygen atoms in total. The predicted octanol–water partition coefficient (Wildman–Crippen LogP) is 4.69. The van der Waals surface area contributed by atoms with Gasteiger partial charge in [-0.05, 0) is 29.7 Å². The van der Waals surface area contributed by atoms with Crippen LogP contribution in [-0.4, -0.2) is 19.0 Å². The van der Waals surface area contributed by atoms with Gasteiger partial charge < -0.3 is 14.8 Å². The number of esters is 1. The van der Waals surface area contributed by atoms with E-state index in [9.17, 15) is 9.59 Å². The summed E-state index contributed by atoms with van der Waals surface area (Å²) in [7, 11) is 1.55. The molecule has 1 N–H and O–H groups in total. The van der Waals surface area contributed by atoms with Crippen LogP contribution in [0.25, 0.3) is 6.08 Å². The summed E-state index contributed by atoms with van der Waals surface area (Å²) in [4.78, 5) is 26.0. The largest absolute Gasteiger partial charge is 0.497 e. The molecule has 0 aliphatic rings. The zero-order chi connectivity index (χ0) is 19.8. The van der Waals surface area contributed by atoms with Gasteiger partial charge in [-0.1, -0.05) is 42.5 Å². The number of amides is 1. The highest BCUT2D eigenvalue weighted by atomic mass is 32.1. The molecule has 28 heavy (non-hydrogen) atoms. The lowest BCUT2D eigenvalue weighted by molar-refractivity contribution is -0.149. The minimum atomic E-state index is -1.08. The van der Waals surface area contributed by atoms with Crippen molar-refractivity contribution in [3.05, 3.63) is 88.6 Å². The van der Waals surface area contributed by atoms with Crippen LogP contribution in [0.3, 0.4) is 0 Å². The minimum absolute atomic E-state index is 0.447. The third-order valence-corrected chi connectivity index (χ3v) is 4.68. The van der Waals surface area contributed by atoms with Gasteiger partial charge in [-0.25, -0.2) is 4.79 Å². The zero-order valence-corrected chi connectivity index (χ0v) is 16.0. The van der Waals surface area contributed by atoms with E-state index in [-0.39, 0.29) is 0 Å². The van der Waals surface area contributed by atoms with E-state index >= 15 is 0 Å². The third kappa shape index (κ3) is 5.31. The number of methoxy groups -OCH3 is 1. The van der Waals surface area contributed by atoms with Crippen molar-refractivity contribution in [2.24, 2.45) is 0 Å². The van der Waals surface area contributed by atoms with Gasteiger partial charge in [0.1, 0.15) is 5.75 Å². The molecule has 3 aromatic rings. The molecule has 142 valence electrons. The van der Waals surface area contributed by atoms with E-state index in [1.807, 2.05) is 23.6 Å². The van der Waals surface area contributed by atoms with Crippen LogP contribution in [0.1, 0.15) is 16.5 Å². The Kier molecular flexibility index (Phi) is 6.59. The average molecular weight is 393 g/mol. The lowest BCUT2D eigenvalue weighted by atomic mass is 10.1. The second-order valence-corrected chi connectivity index (χ2v) is 6.78. The maximum Gasteiger partial charge on any atom is 0.331 e. The van der Waals surface area contributed by atoms with Gasteiger partial charge in [0.15, 0.2) is 0 Å². The van der Waals surface area contributed by atoms with Gasteiger partial charge in [-0.2, -0.15) is 0 Å². The van der Waals surface area contributed by atoms with Gasteiger partial charge in [-0.3, -0.25) is 4.79 Å². The SMILES string of the molecule is COc1cccc(NC(=O)[C@H](OC(=O)/C=C/c2cccs2)c2ccccc2)c1. The van der Waals surface area contributed by atoms with Crippen LogP contribution in [0.2, 0.25) is 0 Å². The topological polar surface area (TPSA) is 64.6 Å². The molecular formula is C22H19NO4S. The molecular weight excluding hydrogens is 374 g/mol. The molecule has 0 radical (unpaired) electrons. The number of carbonyl (C=O) groups is 2. The molecule has 0 aliphatic heterocycles. The molecule has 0 bridgehead atoms.